The monoisotopic (exact) mass is 682 g/mol. The molecule has 0 spiro atoms. The summed E-state index contributed by atoms with van der Waals surface area (Å²) >= 11 is 0. The molecule has 5 nitrogen and oxygen atoms in total. The molecule has 0 bridgehead atoms. The molecule has 0 aliphatic rings. The second-order valence-electron chi connectivity index (χ2n) is 7.82. The standard InChI is InChI=1S/C20H20F18O5/c1-11(13(21,22)15(25,26)17(29,30)19(33,34)35)42-9-7-40-5-3-39-4-6-41-8-10-43-12(2)14(23,24)16(27,28)18(31,32)20(36,37)38/h1-10H2. The van der Waals surface area contributed by atoms with E-state index in [2.05, 4.69) is 22.6 Å². The summed E-state index contributed by atoms with van der Waals surface area (Å²) in [6.45, 7) is -0.507. The minimum absolute atomic E-state index is 0.321. The van der Waals surface area contributed by atoms with Crippen molar-refractivity contribution in [3.63, 3.8) is 0 Å². The van der Waals surface area contributed by atoms with Gasteiger partial charge >= 0.3 is 47.9 Å². The summed E-state index contributed by atoms with van der Waals surface area (Å²) in [6.07, 6.45) is -14.1. The van der Waals surface area contributed by atoms with Crippen LogP contribution in [0.5, 0.6) is 0 Å². The maximum Gasteiger partial charge on any atom is 0.460 e. The predicted molar refractivity (Wildman–Crippen MR) is 104 cm³/mol. The first-order valence-electron chi connectivity index (χ1n) is 10.8. The van der Waals surface area contributed by atoms with Crippen LogP contribution < -0.4 is 0 Å². The Bertz CT molecular complexity index is 841. The van der Waals surface area contributed by atoms with Crippen LogP contribution in [-0.4, -0.2) is 101 Å². The lowest BCUT2D eigenvalue weighted by molar-refractivity contribution is -0.393. The Kier molecular flexibility index (Phi) is 13.4. The van der Waals surface area contributed by atoms with Crippen molar-refractivity contribution in [2.24, 2.45) is 0 Å². The highest BCUT2D eigenvalue weighted by molar-refractivity contribution is 5.14. The summed E-state index contributed by atoms with van der Waals surface area (Å²) in [6, 6.07) is 0. The van der Waals surface area contributed by atoms with Gasteiger partial charge < -0.3 is 23.7 Å². The molecule has 0 heterocycles. The van der Waals surface area contributed by atoms with Crippen LogP contribution in [0.4, 0.5) is 79.0 Å². The van der Waals surface area contributed by atoms with Crippen molar-refractivity contribution in [2.75, 3.05) is 52.9 Å². The summed E-state index contributed by atoms with van der Waals surface area (Å²) in [7, 11) is 0. The maximum atomic E-state index is 13.5. The van der Waals surface area contributed by atoms with E-state index in [4.69, 9.17) is 14.2 Å². The van der Waals surface area contributed by atoms with E-state index in [1.54, 1.807) is 0 Å². The molecule has 0 aromatic carbocycles. The summed E-state index contributed by atoms with van der Waals surface area (Å²) in [5.74, 6) is -45.3. The molecule has 0 aliphatic heterocycles. The van der Waals surface area contributed by atoms with Gasteiger partial charge in [-0.3, -0.25) is 0 Å². The Balaban J connectivity index is 4.26. The van der Waals surface area contributed by atoms with Crippen molar-refractivity contribution in [1.82, 2.24) is 0 Å². The molecule has 0 aromatic rings. The highest BCUT2D eigenvalue weighted by Gasteiger charge is 2.84. The van der Waals surface area contributed by atoms with Crippen LogP contribution in [-0.2, 0) is 23.7 Å². The van der Waals surface area contributed by atoms with Crippen LogP contribution in [0.15, 0.2) is 24.7 Å². The molecule has 0 unspecified atom stereocenters. The molecular formula is C20H20F18O5. The Morgan fingerprint density at radius 1 is 0.349 bits per heavy atom. The number of hydrogen-bond donors (Lipinski definition) is 0. The summed E-state index contributed by atoms with van der Waals surface area (Å²) in [5.41, 5.74) is 0. The van der Waals surface area contributed by atoms with E-state index >= 15 is 0 Å². The van der Waals surface area contributed by atoms with E-state index in [0.29, 0.717) is 0 Å². The van der Waals surface area contributed by atoms with Gasteiger partial charge in [0.1, 0.15) is 13.2 Å². The van der Waals surface area contributed by atoms with Crippen molar-refractivity contribution in [3.05, 3.63) is 24.7 Å². The average molecular weight is 682 g/mol. The number of rotatable bonds is 20. The zero-order valence-electron chi connectivity index (χ0n) is 20.9. The smallest absolute Gasteiger partial charge is 0.460 e. The summed E-state index contributed by atoms with van der Waals surface area (Å²) in [4.78, 5) is 0. The Labute approximate surface area is 229 Å². The van der Waals surface area contributed by atoms with Gasteiger partial charge in [-0.25, -0.2) is 0 Å². The zero-order chi connectivity index (χ0) is 34.3. The molecule has 0 saturated carbocycles. The fraction of sp³-hybridized carbons (Fsp3) is 0.800. The maximum absolute atomic E-state index is 13.5. The average Bonchev–Trinajstić information content (AvgIpc) is 2.84. The fourth-order valence-corrected chi connectivity index (χ4v) is 2.27. The lowest BCUT2D eigenvalue weighted by atomic mass is 10.0. The van der Waals surface area contributed by atoms with Gasteiger partial charge in [0.15, 0.2) is 11.5 Å². The van der Waals surface area contributed by atoms with Gasteiger partial charge in [-0.1, -0.05) is 13.2 Å². The molecule has 23 heteroatoms. The SMILES string of the molecule is C=C(OCCOCCOCCOCCOC(=C)C(F)(F)C(F)(F)C(F)(F)C(F)(F)F)C(F)(F)C(F)(F)C(F)(F)C(F)(F)F. The largest absolute Gasteiger partial charge is 0.490 e. The summed E-state index contributed by atoms with van der Waals surface area (Å²) in [5, 5.41) is 0. The predicted octanol–water partition coefficient (Wildman–Crippen LogP) is 7.03. The lowest BCUT2D eigenvalue weighted by Crippen LogP contribution is -2.61. The van der Waals surface area contributed by atoms with E-state index < -0.39 is 85.8 Å². The minimum atomic E-state index is -7.14. The minimum Gasteiger partial charge on any atom is -0.490 e. The van der Waals surface area contributed by atoms with Gasteiger partial charge in [-0.2, -0.15) is 79.0 Å². The molecule has 43 heavy (non-hydrogen) atoms. The van der Waals surface area contributed by atoms with E-state index in [9.17, 15) is 79.0 Å². The highest BCUT2D eigenvalue weighted by atomic mass is 19.4. The summed E-state index contributed by atoms with van der Waals surface area (Å²) < 4.78 is 253. The van der Waals surface area contributed by atoms with Gasteiger partial charge in [0.25, 0.3) is 0 Å². The Morgan fingerprint density at radius 2 is 0.558 bits per heavy atom. The number of hydrogen-bond acceptors (Lipinski definition) is 5. The van der Waals surface area contributed by atoms with Crippen LogP contribution in [0.1, 0.15) is 0 Å². The first-order valence-corrected chi connectivity index (χ1v) is 10.8. The fourth-order valence-electron chi connectivity index (χ4n) is 2.27. The van der Waals surface area contributed by atoms with Gasteiger partial charge in [0.2, 0.25) is 0 Å². The molecule has 0 aromatic heterocycles. The van der Waals surface area contributed by atoms with Crippen LogP contribution in [0.2, 0.25) is 0 Å². The van der Waals surface area contributed by atoms with Crippen molar-refractivity contribution in [1.29, 1.82) is 0 Å². The lowest BCUT2D eigenvalue weighted by Gasteiger charge is -2.34. The zero-order valence-corrected chi connectivity index (χ0v) is 20.9. The quantitative estimate of drug-likeness (QED) is 0.0785. The number of ether oxygens (including phenoxy) is 5. The molecule has 0 N–H and O–H groups in total. The molecule has 0 rings (SSSR count). The third-order valence-electron chi connectivity index (χ3n) is 4.74. The van der Waals surface area contributed by atoms with Gasteiger partial charge in [-0.05, 0) is 0 Å². The molecule has 0 fully saturated rings. The molecule has 0 amide bonds. The number of allylic oxidation sites excluding steroid dienone is 2. The van der Waals surface area contributed by atoms with E-state index in [-0.39, 0.29) is 26.4 Å². The van der Waals surface area contributed by atoms with Crippen LogP contribution in [0, 0.1) is 0 Å². The molecule has 0 radical (unpaired) electrons. The van der Waals surface area contributed by atoms with Crippen molar-refractivity contribution in [3.8, 4) is 0 Å². The topological polar surface area (TPSA) is 46.2 Å². The van der Waals surface area contributed by atoms with Gasteiger partial charge in [0, 0.05) is 0 Å². The molecule has 0 atom stereocenters. The third-order valence-corrected chi connectivity index (χ3v) is 4.74. The van der Waals surface area contributed by atoms with Crippen LogP contribution in [0.25, 0.3) is 0 Å². The molecular weight excluding hydrogens is 662 g/mol. The normalized spacial score (nSPS) is 14.6. The highest BCUT2D eigenvalue weighted by Crippen LogP contribution is 2.56. The first kappa shape index (κ1) is 40.7. The molecule has 0 saturated heterocycles. The van der Waals surface area contributed by atoms with E-state index in [0.717, 1.165) is 0 Å². The van der Waals surface area contributed by atoms with Crippen molar-refractivity contribution in [2.45, 2.75) is 47.9 Å². The Hall–Kier alpha value is -2.30. The van der Waals surface area contributed by atoms with Crippen molar-refractivity contribution >= 4 is 0 Å². The van der Waals surface area contributed by atoms with Gasteiger partial charge in [-0.15, -0.1) is 0 Å². The van der Waals surface area contributed by atoms with E-state index in [1.807, 2.05) is 0 Å². The second-order valence-corrected chi connectivity index (χ2v) is 7.82. The number of alkyl halides is 18. The Morgan fingerprint density at radius 3 is 0.767 bits per heavy atom. The van der Waals surface area contributed by atoms with Crippen molar-refractivity contribution < 1.29 is 103 Å². The van der Waals surface area contributed by atoms with Gasteiger partial charge in [0.05, 0.1) is 39.6 Å². The number of halogens is 18. The van der Waals surface area contributed by atoms with E-state index in [1.165, 1.54) is 0 Å². The van der Waals surface area contributed by atoms with Crippen LogP contribution in [0.3, 0.4) is 0 Å². The third kappa shape index (κ3) is 8.88. The molecule has 0 aliphatic carbocycles. The first-order chi connectivity index (χ1) is 19.0. The molecule has 256 valence electrons. The second kappa shape index (κ2) is 14.2. The van der Waals surface area contributed by atoms with Crippen LogP contribution >= 0.6 is 0 Å².